The fourth-order valence-electron chi connectivity index (χ4n) is 2.35. The molecule has 3 N–H and O–H groups in total. The van der Waals surface area contributed by atoms with E-state index in [1.807, 2.05) is 18.2 Å². The van der Waals surface area contributed by atoms with E-state index in [1.54, 1.807) is 18.2 Å². The van der Waals surface area contributed by atoms with Crippen LogP contribution in [0.1, 0.15) is 16.1 Å². The van der Waals surface area contributed by atoms with Gasteiger partial charge in [-0.3, -0.25) is 4.79 Å². The Kier molecular flexibility index (Phi) is 4.71. The first-order valence-electron chi connectivity index (χ1n) is 7.30. The summed E-state index contributed by atoms with van der Waals surface area (Å²) in [5.41, 5.74) is 1.41. The summed E-state index contributed by atoms with van der Waals surface area (Å²) in [6.45, 7) is 0.133. The normalized spacial score (nSPS) is 11.4. The minimum Gasteiger partial charge on any atom is -0.347 e. The maximum Gasteiger partial charge on any atom is 0.270 e. The van der Waals surface area contributed by atoms with Gasteiger partial charge in [-0.2, -0.15) is 0 Å². The Morgan fingerprint density at radius 1 is 1.12 bits per heavy atom. The average molecular weight is 376 g/mol. The molecule has 0 aliphatic heterocycles. The second-order valence-electron chi connectivity index (χ2n) is 5.38. The highest BCUT2D eigenvalue weighted by molar-refractivity contribution is 7.89. The lowest BCUT2D eigenvalue weighted by Gasteiger charge is -2.08. The van der Waals surface area contributed by atoms with Crippen molar-refractivity contribution in [1.82, 2.24) is 10.3 Å². The fraction of sp³-hybridized carbons (Fsp3) is 0.0588. The number of para-hydroxylation sites is 1. The number of amides is 1. The maximum atomic E-state index is 12.3. The Hall–Kier alpha value is -2.48. The molecule has 0 saturated carbocycles. The smallest absolute Gasteiger partial charge is 0.270 e. The number of primary sulfonamides is 1. The number of pyridine rings is 1. The Labute approximate surface area is 149 Å². The topological polar surface area (TPSA) is 102 Å². The van der Waals surface area contributed by atoms with Gasteiger partial charge in [0.05, 0.1) is 15.4 Å². The number of benzene rings is 2. The van der Waals surface area contributed by atoms with Crippen molar-refractivity contribution in [3.63, 3.8) is 0 Å². The Morgan fingerprint density at radius 2 is 1.88 bits per heavy atom. The molecule has 1 amide bonds. The molecule has 25 heavy (non-hydrogen) atoms. The Bertz CT molecular complexity index is 1070. The number of halogens is 1. The van der Waals surface area contributed by atoms with Gasteiger partial charge in [-0.25, -0.2) is 18.5 Å². The highest BCUT2D eigenvalue weighted by Gasteiger charge is 2.12. The van der Waals surface area contributed by atoms with Gasteiger partial charge >= 0.3 is 0 Å². The minimum atomic E-state index is -3.79. The van der Waals surface area contributed by atoms with Crippen LogP contribution in [-0.4, -0.2) is 19.3 Å². The molecule has 0 radical (unpaired) electrons. The molecule has 0 bridgehead atoms. The van der Waals surface area contributed by atoms with Crippen molar-refractivity contribution < 1.29 is 13.2 Å². The first-order valence-corrected chi connectivity index (χ1v) is 9.22. The highest BCUT2D eigenvalue weighted by Crippen LogP contribution is 2.22. The second kappa shape index (κ2) is 6.79. The summed E-state index contributed by atoms with van der Waals surface area (Å²) < 4.78 is 22.7. The van der Waals surface area contributed by atoms with Gasteiger partial charge in [0.1, 0.15) is 5.69 Å². The van der Waals surface area contributed by atoms with Crippen LogP contribution in [0.15, 0.2) is 59.5 Å². The van der Waals surface area contributed by atoms with E-state index in [2.05, 4.69) is 10.3 Å². The van der Waals surface area contributed by atoms with Gasteiger partial charge in [0, 0.05) is 11.9 Å². The summed E-state index contributed by atoms with van der Waals surface area (Å²) in [5.74, 6) is -0.409. The van der Waals surface area contributed by atoms with Crippen LogP contribution < -0.4 is 10.5 Å². The van der Waals surface area contributed by atoms with Crippen molar-refractivity contribution in [2.75, 3.05) is 0 Å². The molecular weight excluding hydrogens is 362 g/mol. The molecule has 1 heterocycles. The molecule has 0 unspecified atom stereocenters. The van der Waals surface area contributed by atoms with Crippen LogP contribution in [0.5, 0.6) is 0 Å². The highest BCUT2D eigenvalue weighted by atomic mass is 35.5. The molecular formula is C17H14ClN3O3S. The quantitative estimate of drug-likeness (QED) is 0.731. The van der Waals surface area contributed by atoms with Crippen molar-refractivity contribution in [3.05, 3.63) is 70.9 Å². The zero-order valence-electron chi connectivity index (χ0n) is 12.9. The van der Waals surface area contributed by atoms with Crippen LogP contribution in [0.3, 0.4) is 0 Å². The Balaban J connectivity index is 1.79. The van der Waals surface area contributed by atoms with E-state index in [0.29, 0.717) is 16.1 Å². The third-order valence-electron chi connectivity index (χ3n) is 3.58. The summed E-state index contributed by atoms with van der Waals surface area (Å²) in [4.78, 5) is 16.6. The molecule has 0 atom stereocenters. The van der Waals surface area contributed by atoms with Crippen LogP contribution in [0.4, 0.5) is 0 Å². The van der Waals surface area contributed by atoms with Crippen LogP contribution in [0.25, 0.3) is 10.9 Å². The third kappa shape index (κ3) is 3.96. The molecule has 0 aliphatic rings. The molecule has 8 heteroatoms. The second-order valence-corrected chi connectivity index (χ2v) is 7.35. The van der Waals surface area contributed by atoms with Gasteiger partial charge in [-0.15, -0.1) is 0 Å². The van der Waals surface area contributed by atoms with Crippen molar-refractivity contribution >= 4 is 38.4 Å². The summed E-state index contributed by atoms with van der Waals surface area (Å²) in [7, 11) is -3.79. The molecule has 128 valence electrons. The molecule has 0 spiro atoms. The first kappa shape index (κ1) is 17.3. The molecule has 6 nitrogen and oxygen atoms in total. The summed E-state index contributed by atoms with van der Waals surface area (Å²) in [6.07, 6.45) is 0. The fourth-order valence-corrected chi connectivity index (χ4v) is 3.20. The lowest BCUT2D eigenvalue weighted by molar-refractivity contribution is 0.0946. The van der Waals surface area contributed by atoms with Crippen molar-refractivity contribution in [2.45, 2.75) is 11.4 Å². The minimum absolute atomic E-state index is 0.00822. The number of carbonyl (C=O) groups excluding carboxylic acids is 1. The van der Waals surface area contributed by atoms with E-state index < -0.39 is 15.9 Å². The number of hydrogen-bond donors (Lipinski definition) is 2. The molecule has 3 rings (SSSR count). The third-order valence-corrected chi connectivity index (χ3v) is 4.80. The number of sulfonamides is 1. The van der Waals surface area contributed by atoms with E-state index in [-0.39, 0.29) is 17.1 Å². The number of nitrogens with two attached hydrogens (primary N) is 1. The zero-order valence-corrected chi connectivity index (χ0v) is 14.5. The SMILES string of the molecule is NS(=O)(=O)c1cccc(CNC(=O)c2cc(Cl)c3ccccc3n2)c1. The van der Waals surface area contributed by atoms with E-state index in [4.69, 9.17) is 16.7 Å². The van der Waals surface area contributed by atoms with Gasteiger partial charge in [-0.05, 0) is 29.8 Å². The standard InChI is InChI=1S/C17H14ClN3O3S/c18-14-9-16(21-15-7-2-1-6-13(14)15)17(22)20-10-11-4-3-5-12(8-11)25(19,23)24/h1-9H,10H2,(H,20,22)(H2,19,23,24). The maximum absolute atomic E-state index is 12.3. The molecule has 2 aromatic carbocycles. The lowest BCUT2D eigenvalue weighted by Crippen LogP contribution is -2.24. The van der Waals surface area contributed by atoms with Gasteiger partial charge in [-0.1, -0.05) is 41.9 Å². The van der Waals surface area contributed by atoms with Gasteiger partial charge in [0.15, 0.2) is 0 Å². The van der Waals surface area contributed by atoms with Crippen LogP contribution in [0, 0.1) is 0 Å². The molecule has 0 aliphatic carbocycles. The number of aromatic nitrogens is 1. The largest absolute Gasteiger partial charge is 0.347 e. The van der Waals surface area contributed by atoms with Crippen LogP contribution >= 0.6 is 11.6 Å². The van der Waals surface area contributed by atoms with Gasteiger partial charge in [0.2, 0.25) is 10.0 Å². The lowest BCUT2D eigenvalue weighted by atomic mass is 10.2. The number of nitrogens with one attached hydrogen (secondary N) is 1. The predicted molar refractivity (Wildman–Crippen MR) is 95.7 cm³/mol. The van der Waals surface area contributed by atoms with Crippen LogP contribution in [-0.2, 0) is 16.6 Å². The Morgan fingerprint density at radius 3 is 2.64 bits per heavy atom. The summed E-state index contributed by atoms with van der Waals surface area (Å²) >= 11 is 6.19. The monoisotopic (exact) mass is 375 g/mol. The first-order chi connectivity index (χ1) is 11.8. The van der Waals surface area contributed by atoms with E-state index in [1.165, 1.54) is 18.2 Å². The summed E-state index contributed by atoms with van der Waals surface area (Å²) in [6, 6.07) is 14.8. The van der Waals surface area contributed by atoms with Crippen molar-refractivity contribution in [3.8, 4) is 0 Å². The number of carbonyl (C=O) groups is 1. The summed E-state index contributed by atoms with van der Waals surface area (Å²) in [5, 5.41) is 8.99. The number of nitrogens with zero attached hydrogens (tertiary/aromatic N) is 1. The van der Waals surface area contributed by atoms with Crippen LogP contribution in [0.2, 0.25) is 5.02 Å². The van der Waals surface area contributed by atoms with E-state index in [0.717, 1.165) is 5.39 Å². The molecule has 1 aromatic heterocycles. The average Bonchev–Trinajstić information content (AvgIpc) is 2.59. The number of hydrogen-bond acceptors (Lipinski definition) is 4. The van der Waals surface area contributed by atoms with Gasteiger partial charge < -0.3 is 5.32 Å². The predicted octanol–water partition coefficient (Wildman–Crippen LogP) is 2.47. The number of fused-ring (bicyclic) bond motifs is 1. The molecule has 0 fully saturated rings. The van der Waals surface area contributed by atoms with Crippen molar-refractivity contribution in [1.29, 1.82) is 0 Å². The molecule has 3 aromatic rings. The van der Waals surface area contributed by atoms with Crippen molar-refractivity contribution in [2.24, 2.45) is 5.14 Å². The zero-order chi connectivity index (χ0) is 18.0. The van der Waals surface area contributed by atoms with E-state index >= 15 is 0 Å². The molecule has 0 saturated heterocycles. The van der Waals surface area contributed by atoms with E-state index in [9.17, 15) is 13.2 Å². The number of rotatable bonds is 4. The van der Waals surface area contributed by atoms with Gasteiger partial charge in [0.25, 0.3) is 5.91 Å².